The van der Waals surface area contributed by atoms with E-state index in [1.165, 1.54) is 32.1 Å². The van der Waals surface area contributed by atoms with Crippen molar-refractivity contribution in [2.75, 3.05) is 19.8 Å². The molecule has 94 valence electrons. The lowest BCUT2D eigenvalue weighted by Gasteiger charge is -2.39. The molecular weight excluding hydrogens is 202 g/mol. The van der Waals surface area contributed by atoms with Crippen molar-refractivity contribution in [3.05, 3.63) is 0 Å². The molecule has 1 aliphatic heterocycles. The van der Waals surface area contributed by atoms with E-state index in [9.17, 15) is 5.11 Å². The van der Waals surface area contributed by atoms with Crippen LogP contribution in [-0.4, -0.2) is 36.5 Å². The van der Waals surface area contributed by atoms with Crippen molar-refractivity contribution in [3.8, 4) is 0 Å². The number of hydrogen-bond donors (Lipinski definition) is 2. The molecule has 2 fully saturated rings. The highest BCUT2D eigenvalue weighted by Gasteiger charge is 2.35. The second kappa shape index (κ2) is 5.48. The van der Waals surface area contributed by atoms with E-state index in [4.69, 9.17) is 4.74 Å². The lowest BCUT2D eigenvalue weighted by Crippen LogP contribution is -2.48. The number of aliphatic hydroxyl groups is 1. The highest BCUT2D eigenvalue weighted by molar-refractivity contribution is 4.89. The molecule has 0 bridgehead atoms. The first-order valence-electron chi connectivity index (χ1n) is 6.72. The van der Waals surface area contributed by atoms with Gasteiger partial charge in [-0.3, -0.25) is 0 Å². The van der Waals surface area contributed by atoms with E-state index in [0.29, 0.717) is 12.0 Å². The molecule has 0 radical (unpaired) electrons. The van der Waals surface area contributed by atoms with Crippen LogP contribution in [0.15, 0.2) is 0 Å². The Labute approximate surface area is 98.6 Å². The summed E-state index contributed by atoms with van der Waals surface area (Å²) in [7, 11) is 0. The predicted molar refractivity (Wildman–Crippen MR) is 64.4 cm³/mol. The third kappa shape index (κ3) is 3.19. The molecule has 2 rings (SSSR count). The molecule has 0 amide bonds. The van der Waals surface area contributed by atoms with Crippen LogP contribution in [0.3, 0.4) is 0 Å². The summed E-state index contributed by atoms with van der Waals surface area (Å²) >= 11 is 0. The zero-order valence-electron chi connectivity index (χ0n) is 10.4. The van der Waals surface area contributed by atoms with Crippen LogP contribution in [0.2, 0.25) is 0 Å². The predicted octanol–water partition coefficient (Wildman–Crippen LogP) is 1.70. The van der Waals surface area contributed by atoms with Crippen molar-refractivity contribution >= 4 is 0 Å². The number of morpholine rings is 1. The van der Waals surface area contributed by atoms with Gasteiger partial charge in [0.2, 0.25) is 0 Å². The number of nitrogens with one attached hydrogen (secondary N) is 1. The third-order valence-electron chi connectivity index (χ3n) is 4.14. The molecule has 0 aromatic carbocycles. The van der Waals surface area contributed by atoms with E-state index in [0.717, 1.165) is 26.2 Å². The molecule has 0 aromatic heterocycles. The van der Waals surface area contributed by atoms with Gasteiger partial charge in [-0.25, -0.2) is 0 Å². The Hall–Kier alpha value is -0.120. The maximum Gasteiger partial charge on any atom is 0.0663 e. The molecule has 2 unspecified atom stereocenters. The Kier molecular flexibility index (Phi) is 4.22. The smallest absolute Gasteiger partial charge is 0.0663 e. The third-order valence-corrected chi connectivity index (χ3v) is 4.14. The van der Waals surface area contributed by atoms with Gasteiger partial charge in [0.1, 0.15) is 0 Å². The monoisotopic (exact) mass is 227 g/mol. The maximum atomic E-state index is 10.6. The second-order valence-corrected chi connectivity index (χ2v) is 5.62. The van der Waals surface area contributed by atoms with Gasteiger partial charge in [-0.2, -0.15) is 0 Å². The van der Waals surface area contributed by atoms with Gasteiger partial charge < -0.3 is 15.2 Å². The summed E-state index contributed by atoms with van der Waals surface area (Å²) in [5.41, 5.74) is -0.515. The lowest BCUT2D eigenvalue weighted by molar-refractivity contribution is -0.0454. The summed E-state index contributed by atoms with van der Waals surface area (Å²) in [4.78, 5) is 0. The zero-order valence-corrected chi connectivity index (χ0v) is 10.4. The zero-order chi connectivity index (χ0) is 11.4. The normalized spacial score (nSPS) is 32.2. The highest BCUT2D eigenvalue weighted by atomic mass is 16.5. The quantitative estimate of drug-likeness (QED) is 0.771. The van der Waals surface area contributed by atoms with Crippen LogP contribution in [0.4, 0.5) is 0 Å². The molecule has 16 heavy (non-hydrogen) atoms. The lowest BCUT2D eigenvalue weighted by atomic mass is 9.75. The number of hydrogen-bond acceptors (Lipinski definition) is 3. The van der Waals surface area contributed by atoms with Crippen LogP contribution in [0, 0.1) is 5.92 Å². The molecule has 2 N–H and O–H groups in total. The van der Waals surface area contributed by atoms with Crippen molar-refractivity contribution in [1.82, 2.24) is 5.32 Å². The summed E-state index contributed by atoms with van der Waals surface area (Å²) in [6, 6.07) is 0.339. The first-order chi connectivity index (χ1) is 7.68. The molecule has 2 atom stereocenters. The molecule has 3 nitrogen and oxygen atoms in total. The fourth-order valence-electron chi connectivity index (χ4n) is 3.14. The average molecular weight is 227 g/mol. The standard InChI is InChI=1S/C13H25NO2/c1-13(15,11-5-3-2-4-6-11)9-12-10-16-8-7-14-12/h11-12,14-15H,2-10H2,1H3. The van der Waals surface area contributed by atoms with Crippen molar-refractivity contribution in [1.29, 1.82) is 0 Å². The molecule has 1 heterocycles. The molecule has 2 aliphatic rings. The van der Waals surface area contributed by atoms with Gasteiger partial charge in [0.15, 0.2) is 0 Å². The fourth-order valence-corrected chi connectivity index (χ4v) is 3.14. The summed E-state index contributed by atoms with van der Waals surface area (Å²) < 4.78 is 5.44. The van der Waals surface area contributed by atoms with Crippen LogP contribution in [0.25, 0.3) is 0 Å². The van der Waals surface area contributed by atoms with Gasteiger partial charge in [-0.05, 0) is 32.1 Å². The molecule has 3 heteroatoms. The van der Waals surface area contributed by atoms with Gasteiger partial charge in [-0.1, -0.05) is 19.3 Å². The Morgan fingerprint density at radius 3 is 2.69 bits per heavy atom. The van der Waals surface area contributed by atoms with Gasteiger partial charge in [0.05, 0.1) is 18.8 Å². The Balaban J connectivity index is 1.84. The largest absolute Gasteiger partial charge is 0.390 e. The second-order valence-electron chi connectivity index (χ2n) is 5.62. The van der Waals surface area contributed by atoms with Crippen molar-refractivity contribution < 1.29 is 9.84 Å². The van der Waals surface area contributed by atoms with Gasteiger partial charge in [-0.15, -0.1) is 0 Å². The van der Waals surface area contributed by atoms with E-state index in [2.05, 4.69) is 5.32 Å². The minimum atomic E-state index is -0.515. The van der Waals surface area contributed by atoms with Crippen molar-refractivity contribution in [2.45, 2.75) is 57.1 Å². The van der Waals surface area contributed by atoms with E-state index >= 15 is 0 Å². The van der Waals surface area contributed by atoms with Gasteiger partial charge in [0, 0.05) is 12.6 Å². The van der Waals surface area contributed by atoms with Crippen LogP contribution in [0.1, 0.15) is 45.4 Å². The molecule has 0 aromatic rings. The maximum absolute atomic E-state index is 10.6. The summed E-state index contributed by atoms with van der Waals surface area (Å²) in [6.07, 6.45) is 7.14. The first-order valence-corrected chi connectivity index (χ1v) is 6.72. The van der Waals surface area contributed by atoms with Crippen LogP contribution in [0.5, 0.6) is 0 Å². The highest BCUT2D eigenvalue weighted by Crippen LogP contribution is 2.35. The van der Waals surface area contributed by atoms with Crippen LogP contribution in [-0.2, 0) is 4.74 Å². The first kappa shape index (κ1) is 12.3. The topological polar surface area (TPSA) is 41.5 Å². The fraction of sp³-hybridized carbons (Fsp3) is 1.00. The Morgan fingerprint density at radius 1 is 1.31 bits per heavy atom. The van der Waals surface area contributed by atoms with Crippen LogP contribution >= 0.6 is 0 Å². The number of rotatable bonds is 3. The summed E-state index contributed by atoms with van der Waals surface area (Å²) in [5, 5.41) is 14.0. The Morgan fingerprint density at radius 2 is 2.06 bits per heavy atom. The van der Waals surface area contributed by atoms with Gasteiger partial charge in [0.25, 0.3) is 0 Å². The van der Waals surface area contributed by atoms with Gasteiger partial charge >= 0.3 is 0 Å². The van der Waals surface area contributed by atoms with E-state index < -0.39 is 5.60 Å². The molecular formula is C13H25NO2. The van der Waals surface area contributed by atoms with E-state index in [1.807, 2.05) is 6.92 Å². The summed E-state index contributed by atoms with van der Waals surface area (Å²) in [6.45, 7) is 4.50. The molecule has 1 saturated carbocycles. The minimum absolute atomic E-state index is 0.339. The summed E-state index contributed by atoms with van der Waals surface area (Å²) in [5.74, 6) is 0.491. The average Bonchev–Trinajstić information content (AvgIpc) is 2.31. The van der Waals surface area contributed by atoms with E-state index in [1.54, 1.807) is 0 Å². The molecule has 1 aliphatic carbocycles. The van der Waals surface area contributed by atoms with Crippen molar-refractivity contribution in [2.24, 2.45) is 5.92 Å². The molecule has 0 spiro atoms. The SMILES string of the molecule is CC(O)(CC1COCCN1)C1CCCCC1. The van der Waals surface area contributed by atoms with Crippen molar-refractivity contribution in [3.63, 3.8) is 0 Å². The number of ether oxygens (including phenoxy) is 1. The minimum Gasteiger partial charge on any atom is -0.390 e. The Bertz CT molecular complexity index is 206. The van der Waals surface area contributed by atoms with Crippen LogP contribution < -0.4 is 5.32 Å². The molecule has 1 saturated heterocycles. The van der Waals surface area contributed by atoms with E-state index in [-0.39, 0.29) is 0 Å².